The van der Waals surface area contributed by atoms with Gasteiger partial charge < -0.3 is 5.32 Å². The second kappa shape index (κ2) is 4.42. The third kappa shape index (κ3) is 2.56. The van der Waals surface area contributed by atoms with Gasteiger partial charge in [-0.2, -0.15) is 0 Å². The van der Waals surface area contributed by atoms with Crippen molar-refractivity contribution in [1.29, 1.82) is 0 Å². The third-order valence-electron chi connectivity index (χ3n) is 1.69. The minimum atomic E-state index is -0.261. The van der Waals surface area contributed by atoms with Gasteiger partial charge in [0.05, 0.1) is 5.69 Å². The lowest BCUT2D eigenvalue weighted by Gasteiger charge is -2.12. The van der Waals surface area contributed by atoms with Gasteiger partial charge in [-0.1, -0.05) is 12.1 Å². The van der Waals surface area contributed by atoms with E-state index in [0.29, 0.717) is 5.69 Å². The molecule has 1 aromatic carbocycles. The number of nitrogens with one attached hydrogen (secondary N) is 1. The highest BCUT2D eigenvalue weighted by Gasteiger charge is 2.06. The molecule has 0 aliphatic heterocycles. The number of benzene rings is 1. The Labute approximate surface area is 85.8 Å². The maximum Gasteiger partial charge on any atom is 0.147 e. The molecule has 70 valence electrons. The third-order valence-corrected chi connectivity index (χ3v) is 2.35. The summed E-state index contributed by atoms with van der Waals surface area (Å²) in [6.07, 6.45) is 1.72. The Balaban J connectivity index is 2.93. The first kappa shape index (κ1) is 10.3. The standard InChI is InChI=1S/C10H11BrFN/c1-3-7(2)13-10-8(11)5-4-6-9(10)12/h3-7,13H,1H2,2H3. The van der Waals surface area contributed by atoms with Crippen LogP contribution in [0.25, 0.3) is 0 Å². The summed E-state index contributed by atoms with van der Waals surface area (Å²) in [5, 5.41) is 2.99. The summed E-state index contributed by atoms with van der Waals surface area (Å²) in [4.78, 5) is 0. The van der Waals surface area contributed by atoms with Crippen molar-refractivity contribution in [2.24, 2.45) is 0 Å². The Morgan fingerprint density at radius 2 is 2.31 bits per heavy atom. The molecule has 0 saturated heterocycles. The van der Waals surface area contributed by atoms with Crippen molar-refractivity contribution in [1.82, 2.24) is 0 Å². The molecule has 0 aliphatic carbocycles. The van der Waals surface area contributed by atoms with Crippen LogP contribution in [0.3, 0.4) is 0 Å². The van der Waals surface area contributed by atoms with Crippen LogP contribution in [0, 0.1) is 5.82 Å². The van der Waals surface area contributed by atoms with E-state index in [4.69, 9.17) is 0 Å². The Morgan fingerprint density at radius 1 is 1.62 bits per heavy atom. The predicted octanol–water partition coefficient (Wildman–Crippen LogP) is 3.57. The van der Waals surface area contributed by atoms with Crippen LogP contribution in [-0.4, -0.2) is 6.04 Å². The van der Waals surface area contributed by atoms with Crippen molar-refractivity contribution in [3.05, 3.63) is 41.1 Å². The second-order valence-electron chi connectivity index (χ2n) is 2.77. The summed E-state index contributed by atoms with van der Waals surface area (Å²) < 4.78 is 13.9. The smallest absolute Gasteiger partial charge is 0.147 e. The number of anilines is 1. The number of halogens is 2. The zero-order chi connectivity index (χ0) is 9.84. The number of hydrogen-bond acceptors (Lipinski definition) is 1. The van der Waals surface area contributed by atoms with Gasteiger partial charge in [0.15, 0.2) is 0 Å². The first-order valence-electron chi connectivity index (χ1n) is 3.98. The van der Waals surface area contributed by atoms with E-state index in [9.17, 15) is 4.39 Å². The summed E-state index contributed by atoms with van der Waals surface area (Å²) in [5.74, 6) is -0.261. The van der Waals surface area contributed by atoms with Crippen LogP contribution < -0.4 is 5.32 Å². The zero-order valence-corrected chi connectivity index (χ0v) is 8.94. The van der Waals surface area contributed by atoms with Crippen LogP contribution in [0.15, 0.2) is 35.3 Å². The molecule has 0 aromatic heterocycles. The fourth-order valence-corrected chi connectivity index (χ4v) is 1.38. The molecule has 0 amide bonds. The van der Waals surface area contributed by atoms with E-state index in [1.807, 2.05) is 6.92 Å². The van der Waals surface area contributed by atoms with Crippen LogP contribution in [0.1, 0.15) is 6.92 Å². The highest BCUT2D eigenvalue weighted by Crippen LogP contribution is 2.25. The molecule has 1 aromatic rings. The van der Waals surface area contributed by atoms with Crippen molar-refractivity contribution in [2.75, 3.05) is 5.32 Å². The summed E-state index contributed by atoms with van der Waals surface area (Å²) in [7, 11) is 0. The highest BCUT2D eigenvalue weighted by molar-refractivity contribution is 9.10. The van der Waals surface area contributed by atoms with E-state index in [0.717, 1.165) is 4.47 Å². The minimum Gasteiger partial charge on any atom is -0.376 e. The molecule has 0 saturated carbocycles. The van der Waals surface area contributed by atoms with E-state index in [2.05, 4.69) is 27.8 Å². The van der Waals surface area contributed by atoms with Gasteiger partial charge in [-0.05, 0) is 35.0 Å². The van der Waals surface area contributed by atoms with Crippen LogP contribution in [0.5, 0.6) is 0 Å². The van der Waals surface area contributed by atoms with Gasteiger partial charge in [0.1, 0.15) is 5.82 Å². The quantitative estimate of drug-likeness (QED) is 0.801. The summed E-state index contributed by atoms with van der Waals surface area (Å²) >= 11 is 3.27. The van der Waals surface area contributed by atoms with Crippen LogP contribution in [0.2, 0.25) is 0 Å². The molecule has 1 atom stereocenters. The first-order chi connectivity index (χ1) is 6.15. The van der Waals surface area contributed by atoms with Gasteiger partial charge >= 0.3 is 0 Å². The fourth-order valence-electron chi connectivity index (χ4n) is 0.922. The summed E-state index contributed by atoms with van der Waals surface area (Å²) in [5.41, 5.74) is 0.481. The Hall–Kier alpha value is -0.830. The average molecular weight is 244 g/mol. The lowest BCUT2D eigenvalue weighted by atomic mass is 10.2. The Kier molecular flexibility index (Phi) is 3.48. The maximum atomic E-state index is 13.2. The van der Waals surface area contributed by atoms with E-state index < -0.39 is 0 Å². The Morgan fingerprint density at radius 3 is 2.85 bits per heavy atom. The molecule has 0 fully saturated rings. The van der Waals surface area contributed by atoms with E-state index in [1.165, 1.54) is 6.07 Å². The molecule has 0 spiro atoms. The number of hydrogen-bond donors (Lipinski definition) is 1. The molecule has 3 heteroatoms. The number of rotatable bonds is 3. The Bertz CT molecular complexity index is 292. The van der Waals surface area contributed by atoms with Crippen molar-refractivity contribution < 1.29 is 4.39 Å². The molecule has 1 N–H and O–H groups in total. The topological polar surface area (TPSA) is 12.0 Å². The average Bonchev–Trinajstić information content (AvgIpc) is 2.11. The molecule has 0 bridgehead atoms. The summed E-state index contributed by atoms with van der Waals surface area (Å²) in [6, 6.07) is 4.92. The lowest BCUT2D eigenvalue weighted by molar-refractivity contribution is 0.628. The largest absolute Gasteiger partial charge is 0.376 e. The molecular formula is C10H11BrFN. The van der Waals surface area contributed by atoms with Gasteiger partial charge in [0, 0.05) is 10.5 Å². The van der Waals surface area contributed by atoms with Crippen molar-refractivity contribution in [2.45, 2.75) is 13.0 Å². The van der Waals surface area contributed by atoms with Gasteiger partial charge in [0.25, 0.3) is 0 Å². The van der Waals surface area contributed by atoms with Crippen LogP contribution in [-0.2, 0) is 0 Å². The highest BCUT2D eigenvalue weighted by atomic mass is 79.9. The molecule has 0 heterocycles. The van der Waals surface area contributed by atoms with Crippen molar-refractivity contribution in [3.8, 4) is 0 Å². The van der Waals surface area contributed by atoms with E-state index >= 15 is 0 Å². The van der Waals surface area contributed by atoms with E-state index in [-0.39, 0.29) is 11.9 Å². The molecule has 0 radical (unpaired) electrons. The van der Waals surface area contributed by atoms with Crippen molar-refractivity contribution >= 4 is 21.6 Å². The molecule has 13 heavy (non-hydrogen) atoms. The van der Waals surface area contributed by atoms with Crippen molar-refractivity contribution in [3.63, 3.8) is 0 Å². The first-order valence-corrected chi connectivity index (χ1v) is 4.77. The van der Waals surface area contributed by atoms with Crippen LogP contribution >= 0.6 is 15.9 Å². The zero-order valence-electron chi connectivity index (χ0n) is 7.35. The van der Waals surface area contributed by atoms with Gasteiger partial charge in [-0.3, -0.25) is 0 Å². The minimum absolute atomic E-state index is 0.0493. The van der Waals surface area contributed by atoms with Crippen LogP contribution in [0.4, 0.5) is 10.1 Å². The van der Waals surface area contributed by atoms with Gasteiger partial charge in [-0.15, -0.1) is 6.58 Å². The lowest BCUT2D eigenvalue weighted by Crippen LogP contribution is -2.12. The molecule has 0 aliphatic rings. The summed E-state index contributed by atoms with van der Waals surface area (Å²) in [6.45, 7) is 5.52. The normalized spacial score (nSPS) is 12.2. The molecule has 1 nitrogen and oxygen atoms in total. The monoisotopic (exact) mass is 243 g/mol. The van der Waals surface area contributed by atoms with Gasteiger partial charge in [-0.25, -0.2) is 4.39 Å². The fraction of sp³-hybridized carbons (Fsp3) is 0.200. The second-order valence-corrected chi connectivity index (χ2v) is 3.62. The molecule has 1 rings (SSSR count). The van der Waals surface area contributed by atoms with Gasteiger partial charge in [0.2, 0.25) is 0 Å². The predicted molar refractivity (Wildman–Crippen MR) is 57.4 cm³/mol. The molecule has 1 unspecified atom stereocenters. The number of para-hydroxylation sites is 1. The SMILES string of the molecule is C=CC(C)Nc1c(F)cccc1Br. The maximum absolute atomic E-state index is 13.2. The van der Waals surface area contributed by atoms with E-state index in [1.54, 1.807) is 18.2 Å². The molecular weight excluding hydrogens is 233 g/mol.